The molecule has 0 aromatic rings. The maximum absolute atomic E-state index is 9.07. The highest BCUT2D eigenvalue weighted by molar-refractivity contribution is 4.80. The van der Waals surface area contributed by atoms with Gasteiger partial charge in [-0.2, -0.15) is 0 Å². The van der Waals surface area contributed by atoms with Gasteiger partial charge in [0.15, 0.2) is 0 Å². The van der Waals surface area contributed by atoms with Crippen molar-refractivity contribution in [2.24, 2.45) is 5.73 Å². The minimum Gasteiger partial charge on any atom is -0.394 e. The van der Waals surface area contributed by atoms with Crippen molar-refractivity contribution in [3.8, 4) is 0 Å². The lowest BCUT2D eigenvalue weighted by Gasteiger charge is -2.33. The summed E-state index contributed by atoms with van der Waals surface area (Å²) in [5, 5.41) is 9.07. The summed E-state index contributed by atoms with van der Waals surface area (Å²) >= 11 is 0. The zero-order valence-corrected chi connectivity index (χ0v) is 10.6. The van der Waals surface area contributed by atoms with E-state index in [-0.39, 0.29) is 6.61 Å². The Morgan fingerprint density at radius 2 is 2.06 bits per heavy atom. The van der Waals surface area contributed by atoms with Crippen molar-refractivity contribution in [1.82, 2.24) is 4.90 Å². The molecule has 0 aliphatic carbocycles. The van der Waals surface area contributed by atoms with Crippen LogP contribution in [-0.2, 0) is 4.74 Å². The Bertz CT molecular complexity index is 189. The van der Waals surface area contributed by atoms with E-state index in [0.717, 1.165) is 45.5 Å². The summed E-state index contributed by atoms with van der Waals surface area (Å²) < 4.78 is 5.61. The second-order valence-electron chi connectivity index (χ2n) is 5.06. The summed E-state index contributed by atoms with van der Waals surface area (Å²) in [6.07, 6.45) is 3.54. The molecule has 1 fully saturated rings. The van der Waals surface area contributed by atoms with E-state index in [1.807, 2.05) is 13.8 Å². The van der Waals surface area contributed by atoms with Gasteiger partial charge in [-0.3, -0.25) is 0 Å². The summed E-state index contributed by atoms with van der Waals surface area (Å²) in [5.41, 5.74) is 5.47. The Morgan fingerprint density at radius 1 is 1.44 bits per heavy atom. The smallest absolute Gasteiger partial charge is 0.0608 e. The number of likely N-dealkylation sites (tertiary alicyclic amines) is 1. The lowest BCUT2D eigenvalue weighted by atomic mass is 9.99. The number of aliphatic hydroxyl groups is 1. The van der Waals surface area contributed by atoms with Gasteiger partial charge in [0.05, 0.1) is 12.7 Å². The first kappa shape index (κ1) is 13.9. The van der Waals surface area contributed by atoms with Crippen LogP contribution in [0.2, 0.25) is 0 Å². The van der Waals surface area contributed by atoms with E-state index in [0.29, 0.717) is 6.10 Å². The Morgan fingerprint density at radius 3 is 2.56 bits per heavy atom. The molecule has 1 heterocycles. The molecule has 16 heavy (non-hydrogen) atoms. The first-order valence-electron chi connectivity index (χ1n) is 6.31. The van der Waals surface area contributed by atoms with Crippen molar-refractivity contribution in [1.29, 1.82) is 0 Å². The predicted octanol–water partition coefficient (Wildman–Crippen LogP) is 0.587. The van der Waals surface area contributed by atoms with Crippen molar-refractivity contribution in [2.75, 3.05) is 32.8 Å². The molecule has 3 N–H and O–H groups in total. The van der Waals surface area contributed by atoms with Gasteiger partial charge < -0.3 is 20.5 Å². The Labute approximate surface area is 98.8 Å². The van der Waals surface area contributed by atoms with Crippen molar-refractivity contribution >= 4 is 0 Å². The molecule has 1 aliphatic heterocycles. The molecule has 0 aromatic carbocycles. The van der Waals surface area contributed by atoms with Crippen LogP contribution in [0.25, 0.3) is 0 Å². The maximum atomic E-state index is 9.07. The van der Waals surface area contributed by atoms with Crippen LogP contribution in [-0.4, -0.2) is 54.5 Å². The fourth-order valence-electron chi connectivity index (χ4n) is 2.03. The van der Waals surface area contributed by atoms with Gasteiger partial charge >= 0.3 is 0 Å². The van der Waals surface area contributed by atoms with Crippen LogP contribution in [0, 0.1) is 0 Å². The normalized spacial score (nSPS) is 23.2. The number of hydrogen-bond acceptors (Lipinski definition) is 4. The number of hydrogen-bond donors (Lipinski definition) is 2. The summed E-state index contributed by atoms with van der Waals surface area (Å²) in [7, 11) is 0. The lowest BCUT2D eigenvalue weighted by Crippen LogP contribution is -2.45. The highest BCUT2D eigenvalue weighted by Crippen LogP contribution is 2.15. The molecule has 4 nitrogen and oxygen atoms in total. The zero-order valence-electron chi connectivity index (χ0n) is 10.6. The number of nitrogens with zero attached hydrogens (tertiary/aromatic N) is 1. The zero-order chi connectivity index (χ0) is 12.0. The molecule has 0 radical (unpaired) electrons. The molecule has 4 heteroatoms. The van der Waals surface area contributed by atoms with Crippen LogP contribution in [0.15, 0.2) is 0 Å². The Balaban J connectivity index is 2.17. The quantitative estimate of drug-likeness (QED) is 0.701. The molecule has 1 saturated heterocycles. The summed E-state index contributed by atoms with van der Waals surface area (Å²) in [6.45, 7) is 7.98. The van der Waals surface area contributed by atoms with Gasteiger partial charge in [0.25, 0.3) is 0 Å². The number of ether oxygens (including phenoxy) is 1. The van der Waals surface area contributed by atoms with Crippen LogP contribution in [0.4, 0.5) is 0 Å². The van der Waals surface area contributed by atoms with Crippen LogP contribution < -0.4 is 5.73 Å². The van der Waals surface area contributed by atoms with Gasteiger partial charge in [-0.25, -0.2) is 0 Å². The monoisotopic (exact) mass is 230 g/mol. The molecule has 0 saturated carbocycles. The van der Waals surface area contributed by atoms with Gasteiger partial charge in [-0.15, -0.1) is 0 Å². The minimum atomic E-state index is -0.434. The Hall–Kier alpha value is -0.160. The highest BCUT2D eigenvalue weighted by atomic mass is 16.5. The fraction of sp³-hybridized carbons (Fsp3) is 1.00. The molecule has 0 amide bonds. The summed E-state index contributed by atoms with van der Waals surface area (Å²) in [6, 6.07) is 0. The second-order valence-corrected chi connectivity index (χ2v) is 5.06. The summed E-state index contributed by atoms with van der Waals surface area (Å²) in [4.78, 5) is 2.41. The van der Waals surface area contributed by atoms with Crippen LogP contribution >= 0.6 is 0 Å². The lowest BCUT2D eigenvalue weighted by molar-refractivity contribution is 0.0124. The van der Waals surface area contributed by atoms with Gasteiger partial charge in [0.1, 0.15) is 0 Å². The van der Waals surface area contributed by atoms with E-state index >= 15 is 0 Å². The van der Waals surface area contributed by atoms with Gasteiger partial charge in [0.2, 0.25) is 0 Å². The topological polar surface area (TPSA) is 58.7 Å². The third-order valence-corrected chi connectivity index (χ3v) is 3.30. The van der Waals surface area contributed by atoms with E-state index in [9.17, 15) is 0 Å². The van der Waals surface area contributed by atoms with E-state index < -0.39 is 5.54 Å². The number of piperidine rings is 1. The standard InChI is InChI=1S/C12H26N2O2/c1-3-16-11-4-7-14(8-5-11)9-6-12(2,13)10-15/h11,15H,3-10,13H2,1-2H3. The number of nitrogens with two attached hydrogens (primary N) is 1. The van der Waals surface area contributed by atoms with E-state index in [2.05, 4.69) is 4.90 Å². The van der Waals surface area contributed by atoms with Crippen LogP contribution in [0.3, 0.4) is 0 Å². The van der Waals surface area contributed by atoms with Crippen molar-refractivity contribution in [2.45, 2.75) is 44.8 Å². The number of aliphatic hydroxyl groups excluding tert-OH is 1. The van der Waals surface area contributed by atoms with Crippen molar-refractivity contribution in [3.63, 3.8) is 0 Å². The Kier molecular flexibility index (Phi) is 5.69. The summed E-state index contributed by atoms with van der Waals surface area (Å²) in [5.74, 6) is 0. The predicted molar refractivity (Wildman–Crippen MR) is 65.4 cm³/mol. The molecular formula is C12H26N2O2. The third-order valence-electron chi connectivity index (χ3n) is 3.30. The van der Waals surface area contributed by atoms with Gasteiger partial charge in [0, 0.05) is 25.2 Å². The van der Waals surface area contributed by atoms with Gasteiger partial charge in [-0.05, 0) is 39.7 Å². The van der Waals surface area contributed by atoms with Crippen molar-refractivity contribution < 1.29 is 9.84 Å². The van der Waals surface area contributed by atoms with Crippen LogP contribution in [0.5, 0.6) is 0 Å². The van der Waals surface area contributed by atoms with E-state index in [4.69, 9.17) is 15.6 Å². The molecular weight excluding hydrogens is 204 g/mol. The number of rotatable bonds is 6. The molecule has 0 spiro atoms. The molecule has 96 valence electrons. The second kappa shape index (κ2) is 6.55. The SMILES string of the molecule is CCOC1CCN(CCC(C)(N)CO)CC1. The fourth-order valence-corrected chi connectivity index (χ4v) is 2.03. The molecule has 1 aliphatic rings. The first-order chi connectivity index (χ1) is 7.57. The molecule has 0 bridgehead atoms. The molecule has 1 unspecified atom stereocenters. The largest absolute Gasteiger partial charge is 0.394 e. The first-order valence-corrected chi connectivity index (χ1v) is 6.31. The van der Waals surface area contributed by atoms with Crippen LogP contribution in [0.1, 0.15) is 33.1 Å². The average molecular weight is 230 g/mol. The molecule has 1 rings (SSSR count). The third kappa shape index (κ3) is 4.78. The van der Waals surface area contributed by atoms with Gasteiger partial charge in [-0.1, -0.05) is 0 Å². The van der Waals surface area contributed by atoms with E-state index in [1.54, 1.807) is 0 Å². The molecule has 0 aromatic heterocycles. The van der Waals surface area contributed by atoms with Crippen molar-refractivity contribution in [3.05, 3.63) is 0 Å². The van der Waals surface area contributed by atoms with E-state index in [1.165, 1.54) is 0 Å². The average Bonchev–Trinajstić information content (AvgIpc) is 2.29. The molecule has 1 atom stereocenters. The minimum absolute atomic E-state index is 0.0579. The maximum Gasteiger partial charge on any atom is 0.0608 e. The highest BCUT2D eigenvalue weighted by Gasteiger charge is 2.22.